The zero-order chi connectivity index (χ0) is 14.7. The second-order valence-corrected chi connectivity index (χ2v) is 6.66. The van der Waals surface area contributed by atoms with Crippen molar-refractivity contribution in [2.75, 3.05) is 6.54 Å². The van der Waals surface area contributed by atoms with Crippen LogP contribution in [-0.2, 0) is 9.59 Å². The van der Waals surface area contributed by atoms with Crippen molar-refractivity contribution in [2.24, 2.45) is 11.8 Å². The van der Waals surface area contributed by atoms with Crippen molar-refractivity contribution >= 4 is 11.8 Å². The Bertz CT molecular complexity index is 363. The molecule has 2 fully saturated rings. The average Bonchev–Trinajstić information content (AvgIpc) is 2.32. The van der Waals surface area contributed by atoms with Crippen LogP contribution in [0.5, 0.6) is 0 Å². The lowest BCUT2D eigenvalue weighted by molar-refractivity contribution is -0.151. The van der Waals surface area contributed by atoms with Gasteiger partial charge in [-0.15, -0.1) is 0 Å². The van der Waals surface area contributed by atoms with Crippen molar-refractivity contribution in [2.45, 2.75) is 71.4 Å². The van der Waals surface area contributed by atoms with E-state index in [2.05, 4.69) is 5.32 Å². The molecule has 0 aromatic carbocycles. The second kappa shape index (κ2) is 6.59. The van der Waals surface area contributed by atoms with Gasteiger partial charge in [0.2, 0.25) is 11.8 Å². The summed E-state index contributed by atoms with van der Waals surface area (Å²) in [5.41, 5.74) is 0. The summed E-state index contributed by atoms with van der Waals surface area (Å²) in [4.78, 5) is 26.8. The smallest absolute Gasteiger partial charge is 0.245 e. The van der Waals surface area contributed by atoms with E-state index in [0.29, 0.717) is 0 Å². The summed E-state index contributed by atoms with van der Waals surface area (Å²) in [6.07, 6.45) is 6.62. The van der Waals surface area contributed by atoms with Crippen molar-refractivity contribution in [1.29, 1.82) is 0 Å². The number of amides is 2. The first-order valence-electron chi connectivity index (χ1n) is 8.15. The molecule has 1 saturated carbocycles. The molecular weight excluding hydrogens is 252 g/mol. The van der Waals surface area contributed by atoms with Gasteiger partial charge in [0.05, 0.1) is 0 Å². The van der Waals surface area contributed by atoms with E-state index in [0.717, 1.165) is 31.7 Å². The number of piperazine rings is 1. The zero-order valence-corrected chi connectivity index (χ0v) is 13.0. The molecule has 1 aliphatic carbocycles. The summed E-state index contributed by atoms with van der Waals surface area (Å²) in [5, 5.41) is 2.91. The number of nitrogens with zero attached hydrogens (tertiary/aromatic N) is 1. The van der Waals surface area contributed by atoms with E-state index in [4.69, 9.17) is 0 Å². The minimum Gasteiger partial charge on any atom is -0.342 e. The van der Waals surface area contributed by atoms with Gasteiger partial charge in [-0.3, -0.25) is 9.59 Å². The van der Waals surface area contributed by atoms with Gasteiger partial charge in [-0.05, 0) is 24.7 Å². The summed E-state index contributed by atoms with van der Waals surface area (Å²) in [6, 6.07) is -0.584. The van der Waals surface area contributed by atoms with Gasteiger partial charge in [-0.2, -0.15) is 0 Å². The van der Waals surface area contributed by atoms with Gasteiger partial charge >= 0.3 is 0 Å². The molecule has 1 N–H and O–H groups in total. The summed E-state index contributed by atoms with van der Waals surface area (Å²) in [5.74, 6) is 1.10. The first-order chi connectivity index (χ1) is 9.54. The Morgan fingerprint density at radius 2 is 1.95 bits per heavy atom. The predicted molar refractivity (Wildman–Crippen MR) is 79.1 cm³/mol. The minimum absolute atomic E-state index is 0.0339. The Kier molecular flexibility index (Phi) is 5.06. The molecule has 4 heteroatoms. The van der Waals surface area contributed by atoms with Crippen LogP contribution < -0.4 is 5.32 Å². The molecule has 2 unspecified atom stereocenters. The number of nitrogens with one attached hydrogen (secondary N) is 1. The van der Waals surface area contributed by atoms with E-state index in [1.54, 1.807) is 0 Å². The Balaban J connectivity index is 2.05. The van der Waals surface area contributed by atoms with E-state index in [-0.39, 0.29) is 29.8 Å². The number of hydrogen-bond acceptors (Lipinski definition) is 2. The van der Waals surface area contributed by atoms with Crippen LogP contribution in [-0.4, -0.2) is 35.3 Å². The molecular formula is C16H28N2O2. The van der Waals surface area contributed by atoms with Crippen LogP contribution in [0.3, 0.4) is 0 Å². The molecule has 2 amide bonds. The van der Waals surface area contributed by atoms with E-state index in [1.807, 2.05) is 25.7 Å². The topological polar surface area (TPSA) is 49.4 Å². The molecule has 0 aromatic rings. The Morgan fingerprint density at radius 3 is 2.45 bits per heavy atom. The Labute approximate surface area is 122 Å². The monoisotopic (exact) mass is 280 g/mol. The molecule has 0 spiro atoms. The van der Waals surface area contributed by atoms with Gasteiger partial charge in [-0.25, -0.2) is 0 Å². The van der Waals surface area contributed by atoms with E-state index < -0.39 is 0 Å². The maximum atomic E-state index is 12.6. The molecule has 2 rings (SSSR count). The molecule has 1 saturated heterocycles. The highest BCUT2D eigenvalue weighted by molar-refractivity contribution is 5.97. The molecule has 0 aromatic heterocycles. The fourth-order valence-corrected chi connectivity index (χ4v) is 3.30. The van der Waals surface area contributed by atoms with Crippen molar-refractivity contribution in [1.82, 2.24) is 10.2 Å². The maximum absolute atomic E-state index is 12.6. The van der Waals surface area contributed by atoms with Crippen LogP contribution in [0.4, 0.5) is 0 Å². The molecule has 2 atom stereocenters. The summed E-state index contributed by atoms with van der Waals surface area (Å²) in [7, 11) is 0. The minimum atomic E-state index is -0.302. The molecule has 114 valence electrons. The third-order valence-corrected chi connectivity index (χ3v) is 4.71. The maximum Gasteiger partial charge on any atom is 0.245 e. The number of hydrogen-bond donors (Lipinski definition) is 1. The summed E-state index contributed by atoms with van der Waals surface area (Å²) < 4.78 is 0. The fourth-order valence-electron chi connectivity index (χ4n) is 3.30. The number of carbonyl (C=O) groups is 2. The summed E-state index contributed by atoms with van der Waals surface area (Å²) >= 11 is 0. The van der Waals surface area contributed by atoms with Crippen LogP contribution in [0.15, 0.2) is 0 Å². The zero-order valence-electron chi connectivity index (χ0n) is 13.0. The lowest BCUT2D eigenvalue weighted by atomic mass is 9.82. The molecule has 2 aliphatic rings. The van der Waals surface area contributed by atoms with Crippen LogP contribution in [0.2, 0.25) is 0 Å². The highest BCUT2D eigenvalue weighted by Crippen LogP contribution is 2.30. The van der Waals surface area contributed by atoms with Crippen LogP contribution in [0, 0.1) is 11.8 Å². The van der Waals surface area contributed by atoms with E-state index in [1.165, 1.54) is 19.3 Å². The van der Waals surface area contributed by atoms with E-state index in [9.17, 15) is 9.59 Å². The van der Waals surface area contributed by atoms with Crippen LogP contribution >= 0.6 is 0 Å². The SMILES string of the molecule is CCCC1NC(=O)C(C(C)C)N(CCC2CCC2)C1=O. The highest BCUT2D eigenvalue weighted by Gasteiger charge is 2.41. The summed E-state index contributed by atoms with van der Waals surface area (Å²) in [6.45, 7) is 6.84. The molecule has 1 aliphatic heterocycles. The van der Waals surface area contributed by atoms with Crippen molar-refractivity contribution in [3.63, 3.8) is 0 Å². The quantitative estimate of drug-likeness (QED) is 0.812. The van der Waals surface area contributed by atoms with Gasteiger partial charge in [0, 0.05) is 6.54 Å². The van der Waals surface area contributed by atoms with Crippen molar-refractivity contribution in [3.05, 3.63) is 0 Å². The number of carbonyl (C=O) groups excluding carboxylic acids is 2. The Morgan fingerprint density at radius 1 is 1.25 bits per heavy atom. The van der Waals surface area contributed by atoms with Gasteiger partial charge in [-0.1, -0.05) is 46.5 Å². The van der Waals surface area contributed by atoms with Gasteiger partial charge < -0.3 is 10.2 Å². The molecule has 0 bridgehead atoms. The van der Waals surface area contributed by atoms with Crippen LogP contribution in [0.1, 0.15) is 59.3 Å². The third-order valence-electron chi connectivity index (χ3n) is 4.71. The fraction of sp³-hybridized carbons (Fsp3) is 0.875. The van der Waals surface area contributed by atoms with Crippen molar-refractivity contribution < 1.29 is 9.59 Å². The molecule has 1 heterocycles. The second-order valence-electron chi connectivity index (χ2n) is 6.66. The number of rotatable bonds is 6. The normalized spacial score (nSPS) is 27.7. The standard InChI is InChI=1S/C16H28N2O2/c1-4-6-13-16(20)18(10-9-12-7-5-8-12)14(11(2)3)15(19)17-13/h11-14H,4-10H2,1-3H3,(H,17,19). The molecule has 0 radical (unpaired) electrons. The molecule has 20 heavy (non-hydrogen) atoms. The van der Waals surface area contributed by atoms with Gasteiger partial charge in [0.15, 0.2) is 0 Å². The third kappa shape index (κ3) is 3.15. The largest absolute Gasteiger partial charge is 0.342 e. The highest BCUT2D eigenvalue weighted by atomic mass is 16.2. The lowest BCUT2D eigenvalue weighted by Gasteiger charge is -2.42. The van der Waals surface area contributed by atoms with E-state index >= 15 is 0 Å². The Hall–Kier alpha value is -1.06. The first kappa shape index (κ1) is 15.3. The predicted octanol–water partition coefficient (Wildman–Crippen LogP) is 2.33. The lowest BCUT2D eigenvalue weighted by Crippen LogP contribution is -2.64. The van der Waals surface area contributed by atoms with Gasteiger partial charge in [0.25, 0.3) is 0 Å². The van der Waals surface area contributed by atoms with Crippen LogP contribution in [0.25, 0.3) is 0 Å². The first-order valence-corrected chi connectivity index (χ1v) is 8.15. The average molecular weight is 280 g/mol. The van der Waals surface area contributed by atoms with Gasteiger partial charge in [0.1, 0.15) is 12.1 Å². The van der Waals surface area contributed by atoms with Crippen molar-refractivity contribution in [3.8, 4) is 0 Å². The molecule has 4 nitrogen and oxygen atoms in total.